The van der Waals surface area contributed by atoms with Gasteiger partial charge in [0.1, 0.15) is 34.5 Å². The minimum Gasteiger partial charge on any atom is -0.449 e. The van der Waals surface area contributed by atoms with E-state index in [2.05, 4.69) is 35.1 Å². The second-order valence-electron chi connectivity index (χ2n) is 13.9. The second-order valence-corrected chi connectivity index (χ2v) is 15.1. The summed E-state index contributed by atoms with van der Waals surface area (Å²) in [5.74, 6) is 1.66. The number of likely N-dealkylation sites (tertiary alicyclic amines) is 1. The number of piperidine rings is 1. The van der Waals surface area contributed by atoms with Gasteiger partial charge in [-0.25, -0.2) is 14.2 Å². The standard InChI is InChI=1S/C35H39FN6O3S/c1-20-21(2)46-32-29(20)30(38-27(17-28-37-11-14-44-28)31-40-39-22(3)42(31)32)25-8-7-23(16-26(25)36)15-24-18-35(19-24)9-12-41(13-10-35)33(43)45-34(4,5)6/h7-8,11,14-16,27H,9-10,12-13,17-19H2,1-6H3/t27-/m0/s1. The van der Waals surface area contributed by atoms with Crippen LogP contribution in [0.5, 0.6) is 0 Å². The molecule has 11 heteroatoms. The fraction of sp³-hybridized carbons (Fsp3) is 0.457. The number of hydrogen-bond donors (Lipinski definition) is 0. The number of allylic oxidation sites excluding steroid dienone is 1. The van der Waals surface area contributed by atoms with E-state index in [1.807, 2.05) is 49.3 Å². The lowest BCUT2D eigenvalue weighted by atomic mass is 9.60. The first-order valence-electron chi connectivity index (χ1n) is 15.9. The third-order valence-electron chi connectivity index (χ3n) is 9.39. The van der Waals surface area contributed by atoms with E-state index in [1.165, 1.54) is 5.57 Å². The van der Waals surface area contributed by atoms with E-state index in [0.717, 1.165) is 58.1 Å². The van der Waals surface area contributed by atoms with Crippen LogP contribution in [0.1, 0.15) is 97.2 Å². The molecule has 0 radical (unpaired) electrons. The van der Waals surface area contributed by atoms with Gasteiger partial charge < -0.3 is 14.1 Å². The van der Waals surface area contributed by atoms with Crippen molar-refractivity contribution in [2.24, 2.45) is 10.4 Å². The maximum atomic E-state index is 16.2. The zero-order chi connectivity index (χ0) is 32.4. The minimum absolute atomic E-state index is 0.220. The zero-order valence-electron chi connectivity index (χ0n) is 27.2. The lowest BCUT2D eigenvalue weighted by Gasteiger charge is -2.49. The average molecular weight is 643 g/mol. The first kappa shape index (κ1) is 30.5. The molecule has 1 aliphatic carbocycles. The maximum absolute atomic E-state index is 16.2. The number of nitrogens with zero attached hydrogens (tertiary/aromatic N) is 6. The lowest BCUT2D eigenvalue weighted by molar-refractivity contribution is 0.00448. The van der Waals surface area contributed by atoms with Crippen molar-refractivity contribution in [1.29, 1.82) is 0 Å². The molecule has 240 valence electrons. The van der Waals surface area contributed by atoms with Crippen LogP contribution < -0.4 is 0 Å². The molecule has 1 spiro atoms. The van der Waals surface area contributed by atoms with Crippen LogP contribution in [0.3, 0.4) is 0 Å². The van der Waals surface area contributed by atoms with Gasteiger partial charge >= 0.3 is 6.09 Å². The Kier molecular flexibility index (Phi) is 7.49. The molecule has 1 atom stereocenters. The number of halogens is 1. The molecule has 4 aromatic rings. The van der Waals surface area contributed by atoms with Gasteiger partial charge in [-0.1, -0.05) is 17.7 Å². The predicted molar refractivity (Wildman–Crippen MR) is 175 cm³/mol. The van der Waals surface area contributed by atoms with Gasteiger partial charge in [-0.2, -0.15) is 0 Å². The monoisotopic (exact) mass is 642 g/mol. The number of aromatic nitrogens is 4. The van der Waals surface area contributed by atoms with Crippen LogP contribution in [0, 0.1) is 32.0 Å². The van der Waals surface area contributed by atoms with E-state index < -0.39 is 11.6 Å². The molecule has 9 nitrogen and oxygen atoms in total. The fourth-order valence-electron chi connectivity index (χ4n) is 6.94. The van der Waals surface area contributed by atoms with Gasteiger partial charge in [-0.15, -0.1) is 21.5 Å². The van der Waals surface area contributed by atoms with Crippen LogP contribution >= 0.6 is 11.3 Å². The van der Waals surface area contributed by atoms with Crippen molar-refractivity contribution in [1.82, 2.24) is 24.6 Å². The number of amides is 1. The van der Waals surface area contributed by atoms with Crippen LogP contribution in [0.2, 0.25) is 0 Å². The van der Waals surface area contributed by atoms with Gasteiger partial charge in [0, 0.05) is 29.1 Å². The Labute approximate surface area is 272 Å². The number of aliphatic imine (C=N–C) groups is 1. The van der Waals surface area contributed by atoms with Gasteiger partial charge in [0.25, 0.3) is 0 Å². The topological polar surface area (TPSA) is 98.6 Å². The molecular formula is C35H39FN6O3S. The summed E-state index contributed by atoms with van der Waals surface area (Å²) in [7, 11) is 0. The molecule has 7 rings (SSSR count). The van der Waals surface area contributed by atoms with E-state index in [-0.39, 0.29) is 17.3 Å². The normalized spacial score (nSPS) is 18.8. The summed E-state index contributed by atoms with van der Waals surface area (Å²) in [6, 6.07) is 5.00. The number of carbonyl (C=O) groups is 1. The zero-order valence-corrected chi connectivity index (χ0v) is 28.0. The van der Waals surface area contributed by atoms with Crippen LogP contribution in [-0.4, -0.2) is 55.1 Å². The molecule has 0 N–H and O–H groups in total. The smallest absolute Gasteiger partial charge is 0.410 e. The van der Waals surface area contributed by atoms with Crippen molar-refractivity contribution in [3.8, 4) is 5.00 Å². The van der Waals surface area contributed by atoms with Crippen molar-refractivity contribution < 1.29 is 18.3 Å². The average Bonchev–Trinajstić information content (AvgIpc) is 3.68. The lowest BCUT2D eigenvalue weighted by Crippen LogP contribution is -2.47. The molecule has 1 aromatic carbocycles. The maximum Gasteiger partial charge on any atom is 0.410 e. The molecule has 1 saturated heterocycles. The van der Waals surface area contributed by atoms with Gasteiger partial charge in [0.2, 0.25) is 0 Å². The minimum atomic E-state index is -0.491. The summed E-state index contributed by atoms with van der Waals surface area (Å²) >= 11 is 1.64. The number of fused-ring (bicyclic) bond motifs is 3. The van der Waals surface area contributed by atoms with Gasteiger partial charge in [-0.3, -0.25) is 9.56 Å². The summed E-state index contributed by atoms with van der Waals surface area (Å²) < 4.78 is 29.4. The van der Waals surface area contributed by atoms with Crippen molar-refractivity contribution in [2.45, 2.75) is 85.3 Å². The molecule has 0 bridgehead atoms. The number of carbonyl (C=O) groups excluding carboxylic acids is 1. The number of ether oxygens (including phenoxy) is 1. The van der Waals surface area contributed by atoms with Crippen molar-refractivity contribution in [3.63, 3.8) is 0 Å². The van der Waals surface area contributed by atoms with Crippen molar-refractivity contribution in [3.05, 3.63) is 86.7 Å². The largest absolute Gasteiger partial charge is 0.449 e. The fourth-order valence-corrected chi connectivity index (χ4v) is 8.15. The first-order valence-corrected chi connectivity index (χ1v) is 16.7. The highest BCUT2D eigenvalue weighted by Crippen LogP contribution is 2.53. The predicted octanol–water partition coefficient (Wildman–Crippen LogP) is 7.71. The van der Waals surface area contributed by atoms with E-state index >= 15 is 4.39 Å². The van der Waals surface area contributed by atoms with Gasteiger partial charge in [-0.05, 0) is 95.9 Å². The van der Waals surface area contributed by atoms with E-state index in [0.29, 0.717) is 42.5 Å². The summed E-state index contributed by atoms with van der Waals surface area (Å²) in [5.41, 5.74) is 4.92. The second kappa shape index (κ2) is 11.3. The molecule has 1 saturated carbocycles. The van der Waals surface area contributed by atoms with E-state index in [1.54, 1.807) is 29.9 Å². The first-order chi connectivity index (χ1) is 21.9. The highest BCUT2D eigenvalue weighted by Gasteiger charge is 2.44. The van der Waals surface area contributed by atoms with E-state index in [4.69, 9.17) is 14.1 Å². The molecule has 46 heavy (non-hydrogen) atoms. The summed E-state index contributed by atoms with van der Waals surface area (Å²) in [6.45, 7) is 13.2. The Morgan fingerprint density at radius 2 is 1.93 bits per heavy atom. The van der Waals surface area contributed by atoms with Crippen LogP contribution in [-0.2, 0) is 11.2 Å². The number of thiophene rings is 1. The Balaban J connectivity index is 1.14. The molecule has 2 fully saturated rings. The summed E-state index contributed by atoms with van der Waals surface area (Å²) in [6.07, 6.45) is 9.29. The summed E-state index contributed by atoms with van der Waals surface area (Å²) in [5, 5.41) is 9.83. The Hall–Kier alpha value is -4.12. The quantitative estimate of drug-likeness (QED) is 0.226. The molecule has 1 amide bonds. The number of rotatable bonds is 4. The SMILES string of the molecule is Cc1sc2c(c1C)C(c1ccc(C=C3CC4(CCN(C(=O)OC(C)(C)C)CC4)C3)cc1F)=N[C@@H](Cc1ncco1)c1nnc(C)n1-2. The van der Waals surface area contributed by atoms with Crippen molar-refractivity contribution >= 4 is 29.2 Å². The van der Waals surface area contributed by atoms with Crippen LogP contribution in [0.15, 0.2) is 45.6 Å². The molecule has 3 aliphatic rings. The third kappa shape index (κ3) is 5.59. The van der Waals surface area contributed by atoms with Gasteiger partial charge in [0.05, 0.1) is 18.3 Å². The molecule has 2 aliphatic heterocycles. The molecule has 5 heterocycles. The number of oxazole rings is 1. The Bertz CT molecular complexity index is 1860. The molecule has 0 unspecified atom stereocenters. The van der Waals surface area contributed by atoms with Crippen LogP contribution in [0.25, 0.3) is 11.1 Å². The highest BCUT2D eigenvalue weighted by molar-refractivity contribution is 7.15. The third-order valence-corrected chi connectivity index (χ3v) is 10.6. The van der Waals surface area contributed by atoms with Gasteiger partial charge in [0.15, 0.2) is 11.7 Å². The van der Waals surface area contributed by atoms with E-state index in [9.17, 15) is 4.79 Å². The number of benzene rings is 1. The highest BCUT2D eigenvalue weighted by atomic mass is 32.1. The molecular weight excluding hydrogens is 603 g/mol. The number of aryl methyl sites for hydroxylation is 2. The Morgan fingerprint density at radius 1 is 1.17 bits per heavy atom. The van der Waals surface area contributed by atoms with Crippen molar-refractivity contribution in [2.75, 3.05) is 13.1 Å². The Morgan fingerprint density at radius 3 is 2.61 bits per heavy atom. The van der Waals surface area contributed by atoms with Crippen LogP contribution in [0.4, 0.5) is 9.18 Å². The molecule has 3 aromatic heterocycles. The summed E-state index contributed by atoms with van der Waals surface area (Å²) in [4.78, 5) is 25.0. The number of hydrogen-bond acceptors (Lipinski definition) is 8.